The maximum Gasteiger partial charge on any atom is 0.387 e. The maximum atomic E-state index is 12.5. The van der Waals surface area contributed by atoms with Crippen LogP contribution in [0, 0.1) is 0 Å². The Labute approximate surface area is 148 Å². The molecule has 0 fully saturated rings. The van der Waals surface area contributed by atoms with E-state index in [2.05, 4.69) is 10.1 Å². The minimum Gasteiger partial charge on any atom is -0.493 e. The van der Waals surface area contributed by atoms with Gasteiger partial charge in [-0.3, -0.25) is 4.79 Å². The van der Waals surface area contributed by atoms with Gasteiger partial charge in [-0.05, 0) is 23.8 Å². The van der Waals surface area contributed by atoms with Gasteiger partial charge in [0.15, 0.2) is 17.3 Å². The second-order valence-corrected chi connectivity index (χ2v) is 5.23. The highest BCUT2D eigenvalue weighted by atomic mass is 19.3. The molecule has 0 aliphatic heterocycles. The molecule has 0 saturated carbocycles. The van der Waals surface area contributed by atoms with Crippen molar-refractivity contribution in [1.29, 1.82) is 0 Å². The maximum absolute atomic E-state index is 12.5. The largest absolute Gasteiger partial charge is 0.493 e. The van der Waals surface area contributed by atoms with E-state index in [-0.39, 0.29) is 22.9 Å². The highest BCUT2D eigenvalue weighted by Crippen LogP contribution is 2.32. The number of methoxy groups -OCH3 is 1. The van der Waals surface area contributed by atoms with Gasteiger partial charge in [0.2, 0.25) is 0 Å². The highest BCUT2D eigenvalue weighted by Gasteiger charge is 2.18. The van der Waals surface area contributed by atoms with Gasteiger partial charge >= 0.3 is 6.61 Å². The molecule has 7 heteroatoms. The number of ether oxygens (including phenoxy) is 2. The summed E-state index contributed by atoms with van der Waals surface area (Å²) in [7, 11) is 1.33. The predicted octanol–water partition coefficient (Wildman–Crippen LogP) is 4.81. The van der Waals surface area contributed by atoms with Crippen LogP contribution in [0.15, 0.2) is 65.3 Å². The molecule has 134 valence electrons. The predicted molar refractivity (Wildman–Crippen MR) is 91.7 cm³/mol. The van der Waals surface area contributed by atoms with Crippen LogP contribution in [0.2, 0.25) is 0 Å². The SMILES string of the molecule is COc1ccc(NC(=O)c2occc2-c2ccccc2)cc1OC(F)F. The number of carbonyl (C=O) groups is 1. The molecular weight excluding hydrogens is 344 g/mol. The van der Waals surface area contributed by atoms with Gasteiger partial charge in [-0.2, -0.15) is 8.78 Å². The number of alkyl halides is 2. The molecule has 0 unspecified atom stereocenters. The molecule has 0 radical (unpaired) electrons. The van der Waals surface area contributed by atoms with Crippen molar-refractivity contribution >= 4 is 11.6 Å². The number of nitrogens with one attached hydrogen (secondary N) is 1. The van der Waals surface area contributed by atoms with Gasteiger partial charge < -0.3 is 19.2 Å². The number of rotatable bonds is 6. The molecular formula is C19H15F2NO4. The molecule has 0 aliphatic rings. The van der Waals surface area contributed by atoms with E-state index >= 15 is 0 Å². The lowest BCUT2D eigenvalue weighted by atomic mass is 10.1. The summed E-state index contributed by atoms with van der Waals surface area (Å²) in [6.45, 7) is -3.01. The number of anilines is 1. The van der Waals surface area contributed by atoms with Crippen molar-refractivity contribution < 1.29 is 27.5 Å². The molecule has 3 rings (SSSR count). The van der Waals surface area contributed by atoms with Crippen molar-refractivity contribution in [2.45, 2.75) is 6.61 Å². The molecule has 1 aromatic heterocycles. The summed E-state index contributed by atoms with van der Waals surface area (Å²) in [6.07, 6.45) is 1.41. The molecule has 0 atom stereocenters. The summed E-state index contributed by atoms with van der Waals surface area (Å²) in [5, 5.41) is 2.61. The van der Waals surface area contributed by atoms with E-state index in [1.807, 2.05) is 30.3 Å². The highest BCUT2D eigenvalue weighted by molar-refractivity contribution is 6.06. The Morgan fingerprint density at radius 3 is 2.54 bits per heavy atom. The Morgan fingerprint density at radius 2 is 1.85 bits per heavy atom. The minimum atomic E-state index is -3.01. The zero-order valence-corrected chi connectivity index (χ0v) is 13.7. The van der Waals surface area contributed by atoms with Gasteiger partial charge in [0.25, 0.3) is 5.91 Å². The molecule has 0 bridgehead atoms. The Kier molecular flexibility index (Phi) is 5.17. The van der Waals surface area contributed by atoms with Crippen molar-refractivity contribution in [3.63, 3.8) is 0 Å². The van der Waals surface area contributed by atoms with Crippen LogP contribution < -0.4 is 14.8 Å². The number of hydrogen-bond donors (Lipinski definition) is 1. The van der Waals surface area contributed by atoms with Gasteiger partial charge in [0.1, 0.15) is 0 Å². The van der Waals surface area contributed by atoms with Gasteiger partial charge in [-0.1, -0.05) is 30.3 Å². The number of halogens is 2. The van der Waals surface area contributed by atoms with Crippen LogP contribution in [0.4, 0.5) is 14.5 Å². The van der Waals surface area contributed by atoms with E-state index in [1.54, 1.807) is 6.07 Å². The standard InChI is InChI=1S/C19H15F2NO4/c1-24-15-8-7-13(11-16(15)26-19(20)21)22-18(23)17-14(9-10-25-17)12-5-3-2-4-6-12/h2-11,19H,1H3,(H,22,23). The molecule has 0 saturated heterocycles. The van der Waals surface area contributed by atoms with E-state index in [9.17, 15) is 13.6 Å². The van der Waals surface area contributed by atoms with E-state index < -0.39 is 12.5 Å². The van der Waals surface area contributed by atoms with Gasteiger partial charge in [-0.25, -0.2) is 0 Å². The van der Waals surface area contributed by atoms with Crippen LogP contribution in [0.3, 0.4) is 0 Å². The fourth-order valence-electron chi connectivity index (χ4n) is 2.46. The first kappa shape index (κ1) is 17.5. The lowest BCUT2D eigenvalue weighted by Crippen LogP contribution is -2.12. The fourth-order valence-corrected chi connectivity index (χ4v) is 2.46. The monoisotopic (exact) mass is 359 g/mol. The third-order valence-electron chi connectivity index (χ3n) is 3.59. The van der Waals surface area contributed by atoms with Crippen LogP contribution in [0.25, 0.3) is 11.1 Å². The van der Waals surface area contributed by atoms with Crippen LogP contribution in [0.5, 0.6) is 11.5 Å². The van der Waals surface area contributed by atoms with E-state index in [1.165, 1.54) is 31.6 Å². The lowest BCUT2D eigenvalue weighted by Gasteiger charge is -2.12. The quantitative estimate of drug-likeness (QED) is 0.686. The summed E-state index contributed by atoms with van der Waals surface area (Å²) in [5.74, 6) is -0.445. The van der Waals surface area contributed by atoms with Crippen LogP contribution >= 0.6 is 0 Å². The summed E-state index contributed by atoms with van der Waals surface area (Å²) in [5.41, 5.74) is 1.71. The van der Waals surface area contributed by atoms with Crippen LogP contribution in [0.1, 0.15) is 10.6 Å². The Morgan fingerprint density at radius 1 is 1.08 bits per heavy atom. The van der Waals surface area contributed by atoms with E-state index in [0.717, 1.165) is 5.56 Å². The Bertz CT molecular complexity index is 894. The second kappa shape index (κ2) is 7.69. The van der Waals surface area contributed by atoms with Crippen molar-refractivity contribution in [2.24, 2.45) is 0 Å². The molecule has 2 aromatic carbocycles. The van der Waals surface area contributed by atoms with Gasteiger partial charge in [0, 0.05) is 17.3 Å². The van der Waals surface area contributed by atoms with Crippen LogP contribution in [-0.4, -0.2) is 19.6 Å². The summed E-state index contributed by atoms with van der Waals surface area (Å²) < 4.78 is 39.7. The summed E-state index contributed by atoms with van der Waals surface area (Å²) >= 11 is 0. The first-order valence-electron chi connectivity index (χ1n) is 7.65. The lowest BCUT2D eigenvalue weighted by molar-refractivity contribution is -0.0511. The first-order valence-corrected chi connectivity index (χ1v) is 7.65. The average Bonchev–Trinajstić information content (AvgIpc) is 3.12. The zero-order valence-electron chi connectivity index (χ0n) is 13.7. The number of hydrogen-bond acceptors (Lipinski definition) is 4. The third-order valence-corrected chi connectivity index (χ3v) is 3.59. The van der Waals surface area contributed by atoms with Gasteiger partial charge in [-0.15, -0.1) is 0 Å². The Balaban J connectivity index is 1.84. The molecule has 1 amide bonds. The van der Waals surface area contributed by atoms with Crippen molar-refractivity contribution in [2.75, 3.05) is 12.4 Å². The van der Waals surface area contributed by atoms with Crippen molar-refractivity contribution in [3.05, 3.63) is 66.6 Å². The number of furan rings is 1. The average molecular weight is 359 g/mol. The normalized spacial score (nSPS) is 10.6. The molecule has 1 heterocycles. The van der Waals surface area contributed by atoms with E-state index in [0.29, 0.717) is 5.56 Å². The van der Waals surface area contributed by atoms with Crippen molar-refractivity contribution in [1.82, 2.24) is 0 Å². The molecule has 0 aliphatic carbocycles. The number of carbonyl (C=O) groups excluding carboxylic acids is 1. The molecule has 0 spiro atoms. The minimum absolute atomic E-state index is 0.114. The third kappa shape index (κ3) is 3.83. The second-order valence-electron chi connectivity index (χ2n) is 5.23. The Hall–Kier alpha value is -3.35. The van der Waals surface area contributed by atoms with Gasteiger partial charge in [0.05, 0.1) is 13.4 Å². The van der Waals surface area contributed by atoms with E-state index in [4.69, 9.17) is 9.15 Å². The fraction of sp³-hybridized carbons (Fsp3) is 0.105. The molecule has 1 N–H and O–H groups in total. The number of amides is 1. The molecule has 3 aromatic rings. The van der Waals surface area contributed by atoms with Crippen LogP contribution in [-0.2, 0) is 0 Å². The summed E-state index contributed by atoms with van der Waals surface area (Å²) in [6, 6.07) is 15.1. The zero-order chi connectivity index (χ0) is 18.5. The van der Waals surface area contributed by atoms with Crippen molar-refractivity contribution in [3.8, 4) is 22.6 Å². The topological polar surface area (TPSA) is 60.7 Å². The summed E-state index contributed by atoms with van der Waals surface area (Å²) in [4.78, 5) is 12.5. The molecule has 26 heavy (non-hydrogen) atoms. The smallest absolute Gasteiger partial charge is 0.387 e. The molecule has 5 nitrogen and oxygen atoms in total. The number of benzene rings is 2. The first-order chi connectivity index (χ1) is 12.6.